The third kappa shape index (κ3) is 5.70. The van der Waals surface area contributed by atoms with Gasteiger partial charge in [0.05, 0.1) is 13.2 Å². The van der Waals surface area contributed by atoms with E-state index in [9.17, 15) is 8.42 Å². The van der Waals surface area contributed by atoms with E-state index in [0.29, 0.717) is 6.61 Å². The Morgan fingerprint density at radius 2 is 1.52 bits per heavy atom. The summed E-state index contributed by atoms with van der Waals surface area (Å²) in [5.74, 6) is 1.53. The predicted octanol–water partition coefficient (Wildman–Crippen LogP) is 2.77. The molecule has 2 aliphatic rings. The first-order valence-electron chi connectivity index (χ1n) is 9.80. The lowest BCUT2D eigenvalue weighted by Gasteiger charge is -2.23. The molecule has 29 heavy (non-hydrogen) atoms. The Morgan fingerprint density at radius 3 is 2.17 bits per heavy atom. The molecule has 0 radical (unpaired) electrons. The topological polar surface area (TPSA) is 83.1 Å². The van der Waals surface area contributed by atoms with E-state index in [1.165, 1.54) is 0 Å². The highest BCUT2D eigenvalue weighted by Crippen LogP contribution is 2.25. The van der Waals surface area contributed by atoms with Crippen LogP contribution in [-0.4, -0.2) is 40.8 Å². The van der Waals surface area contributed by atoms with Gasteiger partial charge in [0.25, 0.3) is 0 Å². The van der Waals surface area contributed by atoms with Crippen LogP contribution in [0.1, 0.15) is 29.9 Å². The number of nitrogens with one attached hydrogen (secondary N) is 1. The largest absolute Gasteiger partial charge is 0.490 e. The Labute approximate surface area is 171 Å². The van der Waals surface area contributed by atoms with Crippen LogP contribution in [0, 0.1) is 0 Å². The summed E-state index contributed by atoms with van der Waals surface area (Å²) in [4.78, 5) is 0. The highest BCUT2D eigenvalue weighted by molar-refractivity contribution is 7.81. The number of ether oxygens (including phenoxy) is 2. The minimum Gasteiger partial charge on any atom is -0.490 e. The molecule has 2 aliphatic heterocycles. The van der Waals surface area contributed by atoms with Crippen LogP contribution >= 0.6 is 0 Å². The normalized spacial score (nSPS) is 20.3. The minimum atomic E-state index is -3.82. The number of hydrogen-bond acceptors (Lipinski definition) is 7. The summed E-state index contributed by atoms with van der Waals surface area (Å²) in [6.45, 7) is 2.66. The van der Waals surface area contributed by atoms with Crippen molar-refractivity contribution < 1.29 is 26.3 Å². The van der Waals surface area contributed by atoms with Gasteiger partial charge in [-0.1, -0.05) is 24.3 Å². The van der Waals surface area contributed by atoms with Crippen molar-refractivity contribution in [2.75, 3.05) is 26.3 Å². The average molecular weight is 419 g/mol. The van der Waals surface area contributed by atoms with Gasteiger partial charge in [-0.15, -0.1) is 0 Å². The molecule has 2 aromatic rings. The SMILES string of the molecule is O=S1(=O)OCC(c2ccc(OCc3ccc(OC4CCNCC4)cc3)cc2)CO1. The van der Waals surface area contributed by atoms with Gasteiger partial charge < -0.3 is 14.8 Å². The van der Waals surface area contributed by atoms with Crippen LogP contribution in [-0.2, 0) is 25.4 Å². The molecule has 2 fully saturated rings. The maximum absolute atomic E-state index is 11.1. The fourth-order valence-electron chi connectivity index (χ4n) is 3.38. The number of hydrogen-bond donors (Lipinski definition) is 1. The Kier molecular flexibility index (Phi) is 6.34. The van der Waals surface area contributed by atoms with Crippen molar-refractivity contribution in [2.45, 2.75) is 31.5 Å². The fraction of sp³-hybridized carbons (Fsp3) is 0.429. The first kappa shape index (κ1) is 20.2. The van der Waals surface area contributed by atoms with Crippen LogP contribution in [0.25, 0.3) is 0 Å². The van der Waals surface area contributed by atoms with Gasteiger partial charge >= 0.3 is 10.4 Å². The average Bonchev–Trinajstić information content (AvgIpc) is 2.75. The highest BCUT2D eigenvalue weighted by Gasteiger charge is 2.26. The van der Waals surface area contributed by atoms with Crippen molar-refractivity contribution in [3.63, 3.8) is 0 Å². The van der Waals surface area contributed by atoms with Gasteiger partial charge in [0.1, 0.15) is 24.2 Å². The van der Waals surface area contributed by atoms with Crippen LogP contribution in [0.15, 0.2) is 48.5 Å². The molecule has 0 atom stereocenters. The van der Waals surface area contributed by atoms with Crippen LogP contribution in [0.5, 0.6) is 11.5 Å². The fourth-order valence-corrected chi connectivity index (χ4v) is 4.11. The van der Waals surface area contributed by atoms with E-state index in [-0.39, 0.29) is 25.2 Å². The molecule has 2 saturated heterocycles. The second-order valence-corrected chi connectivity index (χ2v) is 8.53. The molecule has 0 spiro atoms. The van der Waals surface area contributed by atoms with Gasteiger partial charge in [0.2, 0.25) is 0 Å². The molecule has 1 N–H and O–H groups in total. The minimum absolute atomic E-state index is 0.0916. The standard InChI is InChI=1S/C21H25NO6S/c23-29(24)26-14-18(15-27-29)17-3-7-19(8-4-17)25-13-16-1-5-20(6-2-16)28-21-9-11-22-12-10-21/h1-8,18,21-22H,9-15H2. The number of benzene rings is 2. The molecule has 0 aromatic heterocycles. The van der Waals surface area contributed by atoms with E-state index in [1.54, 1.807) is 0 Å². The Balaban J connectivity index is 1.26. The third-order valence-corrected chi connectivity index (χ3v) is 5.95. The second kappa shape index (κ2) is 9.13. The Hall–Kier alpha value is -2.13. The van der Waals surface area contributed by atoms with Gasteiger partial charge in [0.15, 0.2) is 0 Å². The van der Waals surface area contributed by atoms with E-state index < -0.39 is 10.4 Å². The summed E-state index contributed by atoms with van der Waals surface area (Å²) < 4.78 is 43.6. The first-order valence-corrected chi connectivity index (χ1v) is 11.1. The van der Waals surface area contributed by atoms with Crippen molar-refractivity contribution in [3.8, 4) is 11.5 Å². The summed E-state index contributed by atoms with van der Waals surface area (Å²) in [5.41, 5.74) is 2.01. The molecule has 0 unspecified atom stereocenters. The maximum Gasteiger partial charge on any atom is 0.399 e. The molecule has 2 heterocycles. The van der Waals surface area contributed by atoms with Crippen molar-refractivity contribution in [1.29, 1.82) is 0 Å². The lowest BCUT2D eigenvalue weighted by atomic mass is 10.0. The maximum atomic E-state index is 11.1. The summed E-state index contributed by atoms with van der Waals surface area (Å²) in [5, 5.41) is 3.33. The Bertz CT molecular complexity index is 878. The van der Waals surface area contributed by atoms with E-state index in [1.807, 2.05) is 48.5 Å². The monoisotopic (exact) mass is 419 g/mol. The Morgan fingerprint density at radius 1 is 0.897 bits per heavy atom. The van der Waals surface area contributed by atoms with E-state index >= 15 is 0 Å². The van der Waals surface area contributed by atoms with Gasteiger partial charge in [-0.25, -0.2) is 8.37 Å². The van der Waals surface area contributed by atoms with Crippen molar-refractivity contribution in [2.24, 2.45) is 0 Å². The van der Waals surface area contributed by atoms with Crippen LogP contribution < -0.4 is 14.8 Å². The lowest BCUT2D eigenvalue weighted by molar-refractivity contribution is 0.135. The third-order valence-electron chi connectivity index (χ3n) is 5.10. The number of piperidine rings is 1. The zero-order chi connectivity index (χ0) is 20.1. The first-order chi connectivity index (χ1) is 14.1. The van der Waals surface area contributed by atoms with Crippen LogP contribution in [0.2, 0.25) is 0 Å². The number of rotatable bonds is 6. The molecule has 0 aliphatic carbocycles. The quantitative estimate of drug-likeness (QED) is 0.771. The summed E-state index contributed by atoms with van der Waals surface area (Å²) in [6.07, 6.45) is 2.36. The molecule has 0 amide bonds. The summed E-state index contributed by atoms with van der Waals surface area (Å²) >= 11 is 0. The molecule has 8 heteroatoms. The van der Waals surface area contributed by atoms with Gasteiger partial charge in [-0.05, 0) is 61.3 Å². The van der Waals surface area contributed by atoms with E-state index in [0.717, 1.165) is 48.6 Å². The van der Waals surface area contributed by atoms with Crippen LogP contribution in [0.4, 0.5) is 0 Å². The zero-order valence-electron chi connectivity index (χ0n) is 16.1. The zero-order valence-corrected chi connectivity index (χ0v) is 16.9. The lowest BCUT2D eigenvalue weighted by Crippen LogP contribution is -2.34. The van der Waals surface area contributed by atoms with E-state index in [2.05, 4.69) is 5.32 Å². The van der Waals surface area contributed by atoms with Crippen molar-refractivity contribution in [1.82, 2.24) is 5.32 Å². The van der Waals surface area contributed by atoms with Gasteiger partial charge in [-0.3, -0.25) is 0 Å². The van der Waals surface area contributed by atoms with Crippen molar-refractivity contribution >= 4 is 10.4 Å². The molecule has 156 valence electrons. The second-order valence-electron chi connectivity index (χ2n) is 7.24. The molecule has 0 saturated carbocycles. The molecular formula is C21H25NO6S. The van der Waals surface area contributed by atoms with Crippen molar-refractivity contribution in [3.05, 3.63) is 59.7 Å². The smallest absolute Gasteiger partial charge is 0.399 e. The molecule has 7 nitrogen and oxygen atoms in total. The molecule has 2 aromatic carbocycles. The summed E-state index contributed by atoms with van der Waals surface area (Å²) in [7, 11) is -3.82. The molecule has 4 rings (SSSR count). The molecule has 0 bridgehead atoms. The molecular weight excluding hydrogens is 394 g/mol. The van der Waals surface area contributed by atoms with Gasteiger partial charge in [0, 0.05) is 5.92 Å². The van der Waals surface area contributed by atoms with E-state index in [4.69, 9.17) is 17.8 Å². The van der Waals surface area contributed by atoms with Gasteiger partial charge in [-0.2, -0.15) is 8.42 Å². The summed E-state index contributed by atoms with van der Waals surface area (Å²) in [6, 6.07) is 15.5. The van der Waals surface area contributed by atoms with Crippen LogP contribution in [0.3, 0.4) is 0 Å². The highest BCUT2D eigenvalue weighted by atomic mass is 32.3. The predicted molar refractivity (Wildman–Crippen MR) is 107 cm³/mol.